The van der Waals surface area contributed by atoms with Crippen LogP contribution in [0.3, 0.4) is 0 Å². The molecule has 0 radical (unpaired) electrons. The Morgan fingerprint density at radius 2 is 1.57 bits per heavy atom. The second kappa shape index (κ2) is 12.3. The Morgan fingerprint density at radius 1 is 1.00 bits per heavy atom. The first-order valence-electron chi connectivity index (χ1n) is 7.92. The lowest BCUT2D eigenvalue weighted by molar-refractivity contribution is -0.137. The molecular weight excluding hydrogens is 298 g/mol. The zero-order valence-electron chi connectivity index (χ0n) is 13.6. The van der Waals surface area contributed by atoms with E-state index in [1.807, 2.05) is 0 Å². The van der Waals surface area contributed by atoms with Gasteiger partial charge in [0.25, 0.3) is 0 Å². The second-order valence-electron chi connectivity index (χ2n) is 5.31. The van der Waals surface area contributed by atoms with Gasteiger partial charge in [-0.1, -0.05) is 51.5 Å². The molecule has 0 aliphatic heterocycles. The topological polar surface area (TPSA) is 121 Å². The summed E-state index contributed by atoms with van der Waals surface area (Å²) in [5.74, 6) is -2.01. The summed E-state index contributed by atoms with van der Waals surface area (Å²) in [7, 11) is 0. The third-order valence-electron chi connectivity index (χ3n) is 3.31. The molecule has 0 bridgehead atoms. The Bertz CT molecular complexity index is 488. The van der Waals surface area contributed by atoms with E-state index in [1.54, 1.807) is 0 Å². The fraction of sp³-hybridized carbons (Fsp3) is 0.529. The quantitative estimate of drug-likeness (QED) is 0.310. The zero-order valence-corrected chi connectivity index (χ0v) is 13.6. The van der Waals surface area contributed by atoms with Crippen molar-refractivity contribution in [2.75, 3.05) is 5.73 Å². The van der Waals surface area contributed by atoms with Gasteiger partial charge in [0.2, 0.25) is 0 Å². The van der Waals surface area contributed by atoms with E-state index in [9.17, 15) is 9.59 Å². The van der Waals surface area contributed by atoms with Crippen molar-refractivity contribution in [2.24, 2.45) is 0 Å². The highest BCUT2D eigenvalue weighted by atomic mass is 16.4. The molecule has 6 nitrogen and oxygen atoms in total. The minimum Gasteiger partial charge on any atom is -0.506 e. The maximum absolute atomic E-state index is 10.4. The van der Waals surface area contributed by atoms with Gasteiger partial charge in [0.15, 0.2) is 0 Å². The van der Waals surface area contributed by atoms with Crippen LogP contribution in [0.15, 0.2) is 18.2 Å². The highest BCUT2D eigenvalue weighted by molar-refractivity contribution is 5.95. The number of phenolic OH excluding ortho intramolecular Hbond substituents is 1. The van der Waals surface area contributed by atoms with Crippen LogP contribution in [0, 0.1) is 0 Å². The van der Waals surface area contributed by atoms with Gasteiger partial charge in [0.05, 0.1) is 11.3 Å². The zero-order chi connectivity index (χ0) is 17.7. The van der Waals surface area contributed by atoms with E-state index < -0.39 is 11.9 Å². The summed E-state index contributed by atoms with van der Waals surface area (Å²) in [6, 6.07) is 4.09. The number of phenols is 1. The molecule has 1 rings (SSSR count). The van der Waals surface area contributed by atoms with Crippen molar-refractivity contribution in [1.29, 1.82) is 0 Å². The monoisotopic (exact) mass is 325 g/mol. The number of nitrogen functional groups attached to an aromatic ring is 1. The summed E-state index contributed by atoms with van der Waals surface area (Å²) < 4.78 is 0. The molecule has 0 unspecified atom stereocenters. The molecule has 0 saturated carbocycles. The number of hydrogen-bond acceptors (Lipinski definition) is 4. The number of carboxylic acids is 2. The van der Waals surface area contributed by atoms with Gasteiger partial charge >= 0.3 is 11.9 Å². The Balaban J connectivity index is 0.000000422. The number of benzene rings is 1. The molecule has 0 aliphatic carbocycles. The number of nitrogens with two attached hydrogens (primary N) is 1. The van der Waals surface area contributed by atoms with Crippen LogP contribution < -0.4 is 5.73 Å². The Labute approximate surface area is 136 Å². The Hall–Kier alpha value is -2.24. The average molecular weight is 325 g/mol. The average Bonchev–Trinajstić information content (AvgIpc) is 2.49. The van der Waals surface area contributed by atoms with Gasteiger partial charge in [0.1, 0.15) is 5.75 Å². The lowest BCUT2D eigenvalue weighted by Gasteiger charge is -2.00. The van der Waals surface area contributed by atoms with Crippen LogP contribution in [0.4, 0.5) is 5.69 Å². The maximum Gasteiger partial charge on any atom is 0.337 e. The predicted octanol–water partition coefficient (Wildman–Crippen LogP) is 3.88. The number of anilines is 1. The third kappa shape index (κ3) is 10.2. The lowest BCUT2D eigenvalue weighted by Crippen LogP contribution is -2.01. The normalized spacial score (nSPS) is 9.78. The Morgan fingerprint density at radius 3 is 2.04 bits per heavy atom. The number of aromatic hydroxyl groups is 1. The van der Waals surface area contributed by atoms with Gasteiger partial charge in [-0.25, -0.2) is 4.79 Å². The summed E-state index contributed by atoms with van der Waals surface area (Å²) in [6.07, 6.45) is 8.64. The van der Waals surface area contributed by atoms with E-state index in [0.29, 0.717) is 6.42 Å². The van der Waals surface area contributed by atoms with Crippen LogP contribution in [0.25, 0.3) is 0 Å². The molecule has 0 aliphatic rings. The van der Waals surface area contributed by atoms with E-state index in [0.717, 1.165) is 12.8 Å². The molecule has 1 aromatic rings. The van der Waals surface area contributed by atoms with Crippen molar-refractivity contribution >= 4 is 17.6 Å². The first-order chi connectivity index (χ1) is 10.9. The molecule has 6 heteroatoms. The van der Waals surface area contributed by atoms with Crippen molar-refractivity contribution in [1.82, 2.24) is 0 Å². The highest BCUT2D eigenvalue weighted by Crippen LogP contribution is 2.22. The second-order valence-corrected chi connectivity index (χ2v) is 5.31. The third-order valence-corrected chi connectivity index (χ3v) is 3.31. The van der Waals surface area contributed by atoms with Gasteiger partial charge < -0.3 is 21.1 Å². The number of carboxylic acid groups (broad SMARTS) is 2. The molecule has 1 aromatic carbocycles. The predicted molar refractivity (Wildman–Crippen MR) is 89.7 cm³/mol. The molecule has 23 heavy (non-hydrogen) atoms. The van der Waals surface area contributed by atoms with E-state index in [1.165, 1.54) is 50.3 Å². The molecule has 0 atom stereocenters. The first kappa shape index (κ1) is 20.8. The SMILES string of the molecule is CCCCCCCCCC(=O)O.Nc1c(O)cccc1C(=O)O. The fourth-order valence-corrected chi connectivity index (χ4v) is 1.97. The highest BCUT2D eigenvalue weighted by Gasteiger charge is 2.09. The molecule has 130 valence electrons. The van der Waals surface area contributed by atoms with Gasteiger partial charge in [-0.15, -0.1) is 0 Å². The minimum atomic E-state index is -1.14. The van der Waals surface area contributed by atoms with Gasteiger partial charge in [-0.3, -0.25) is 4.79 Å². The van der Waals surface area contributed by atoms with Crippen LogP contribution in [-0.2, 0) is 4.79 Å². The van der Waals surface area contributed by atoms with Crippen LogP contribution in [-0.4, -0.2) is 27.3 Å². The van der Waals surface area contributed by atoms with Crippen LogP contribution in [0.2, 0.25) is 0 Å². The Kier molecular flexibility index (Phi) is 11.1. The standard InChI is InChI=1S/C10H20O2.C7H7NO3/c1-2-3-4-5-6-7-8-9-10(11)12;8-6-4(7(10)11)2-1-3-5(6)9/h2-9H2,1H3,(H,11,12);1-3,9H,8H2,(H,10,11). The van der Waals surface area contributed by atoms with Crippen molar-refractivity contribution in [3.63, 3.8) is 0 Å². The minimum absolute atomic E-state index is 0.0787. The summed E-state index contributed by atoms with van der Waals surface area (Å²) >= 11 is 0. The van der Waals surface area contributed by atoms with Gasteiger partial charge in [0, 0.05) is 6.42 Å². The largest absolute Gasteiger partial charge is 0.506 e. The van der Waals surface area contributed by atoms with Gasteiger partial charge in [-0.2, -0.15) is 0 Å². The number of unbranched alkanes of at least 4 members (excludes halogenated alkanes) is 6. The lowest BCUT2D eigenvalue weighted by atomic mass is 10.1. The molecule has 0 amide bonds. The number of aliphatic carboxylic acids is 1. The fourth-order valence-electron chi connectivity index (χ4n) is 1.97. The molecule has 0 saturated heterocycles. The van der Waals surface area contributed by atoms with Crippen LogP contribution in [0.1, 0.15) is 68.6 Å². The van der Waals surface area contributed by atoms with E-state index in [2.05, 4.69) is 6.92 Å². The van der Waals surface area contributed by atoms with Crippen molar-refractivity contribution < 1.29 is 24.9 Å². The van der Waals surface area contributed by atoms with E-state index in [4.69, 9.17) is 21.1 Å². The van der Waals surface area contributed by atoms with E-state index in [-0.39, 0.29) is 17.0 Å². The summed E-state index contributed by atoms with van der Waals surface area (Å²) in [6.45, 7) is 2.20. The summed E-state index contributed by atoms with van der Waals surface area (Å²) in [4.78, 5) is 20.5. The molecule has 0 fully saturated rings. The molecule has 5 N–H and O–H groups in total. The van der Waals surface area contributed by atoms with Crippen molar-refractivity contribution in [2.45, 2.75) is 58.3 Å². The van der Waals surface area contributed by atoms with Crippen LogP contribution in [0.5, 0.6) is 5.75 Å². The molecule has 0 heterocycles. The van der Waals surface area contributed by atoms with Crippen molar-refractivity contribution in [3.05, 3.63) is 23.8 Å². The summed E-state index contributed by atoms with van der Waals surface area (Å²) in [5.41, 5.74) is 5.08. The van der Waals surface area contributed by atoms with Gasteiger partial charge in [-0.05, 0) is 18.6 Å². The van der Waals surface area contributed by atoms with Crippen LogP contribution >= 0.6 is 0 Å². The number of aromatic carboxylic acids is 1. The van der Waals surface area contributed by atoms with E-state index >= 15 is 0 Å². The number of para-hydroxylation sites is 1. The summed E-state index contributed by atoms with van der Waals surface area (Å²) in [5, 5.41) is 25.8. The number of carbonyl (C=O) groups is 2. The number of rotatable bonds is 9. The molecule has 0 spiro atoms. The first-order valence-corrected chi connectivity index (χ1v) is 7.92. The molecular formula is C17H27NO5. The maximum atomic E-state index is 10.4. The number of hydrogen-bond donors (Lipinski definition) is 4. The van der Waals surface area contributed by atoms with Crippen molar-refractivity contribution in [3.8, 4) is 5.75 Å². The molecule has 0 aromatic heterocycles. The smallest absolute Gasteiger partial charge is 0.337 e.